The Morgan fingerprint density at radius 1 is 1.07 bits per heavy atom. The molecule has 3 atom stereocenters. The van der Waals surface area contributed by atoms with E-state index in [4.69, 9.17) is 10.00 Å². The van der Waals surface area contributed by atoms with Gasteiger partial charge < -0.3 is 9.84 Å². The zero-order valence-corrected chi connectivity index (χ0v) is 13.2. The van der Waals surface area contributed by atoms with Crippen LogP contribution < -0.4 is 4.74 Å². The van der Waals surface area contributed by atoms with Crippen molar-refractivity contribution in [2.75, 3.05) is 0 Å². The maximum Gasteiger partial charge on any atom is 0.336 e. The second-order valence-corrected chi connectivity index (χ2v) is 6.39. The summed E-state index contributed by atoms with van der Waals surface area (Å²) in [6.45, 7) is 0. The number of rotatable bonds is 2. The predicted octanol–water partition coefficient (Wildman–Crippen LogP) is 4.70. The van der Waals surface area contributed by atoms with Crippen LogP contribution in [0.1, 0.15) is 34.3 Å². The number of aliphatic hydroxyl groups is 1. The van der Waals surface area contributed by atoms with E-state index in [9.17, 15) is 31.4 Å². The molecule has 0 aromatic heterocycles. The van der Waals surface area contributed by atoms with Crippen LogP contribution in [0.25, 0.3) is 0 Å². The average Bonchev–Trinajstić information content (AvgIpc) is 2.94. The SMILES string of the molecule is N#Cc1cc(F)cc(Oc2ccc3c4c2C(O)C(F)C4C(F)(F)C3(F)F)c1. The molecule has 3 unspecified atom stereocenters. The molecule has 27 heavy (non-hydrogen) atoms. The van der Waals surface area contributed by atoms with Crippen LogP contribution in [0, 0.1) is 17.1 Å². The molecule has 0 saturated heterocycles. The van der Waals surface area contributed by atoms with Crippen LogP contribution in [0.3, 0.4) is 0 Å². The lowest BCUT2D eigenvalue weighted by Gasteiger charge is -2.26. The summed E-state index contributed by atoms with van der Waals surface area (Å²) in [5, 5.41) is 18.9. The van der Waals surface area contributed by atoms with Gasteiger partial charge >= 0.3 is 11.8 Å². The molecule has 4 rings (SSSR count). The maximum atomic E-state index is 14.3. The minimum Gasteiger partial charge on any atom is -0.457 e. The fraction of sp³-hybridized carbons (Fsp3) is 0.278. The van der Waals surface area contributed by atoms with Crippen molar-refractivity contribution < 1.29 is 36.2 Å². The number of benzene rings is 2. The van der Waals surface area contributed by atoms with Gasteiger partial charge in [-0.2, -0.15) is 22.8 Å². The van der Waals surface area contributed by atoms with Crippen LogP contribution in [-0.2, 0) is 5.92 Å². The van der Waals surface area contributed by atoms with Gasteiger partial charge in [-0.15, -0.1) is 0 Å². The Kier molecular flexibility index (Phi) is 3.53. The molecule has 1 N–H and O–H groups in total. The molecule has 2 aromatic rings. The molecule has 0 spiro atoms. The zero-order valence-electron chi connectivity index (χ0n) is 13.2. The van der Waals surface area contributed by atoms with Crippen molar-refractivity contribution in [3.05, 3.63) is 58.4 Å². The highest BCUT2D eigenvalue weighted by Gasteiger charge is 2.74. The monoisotopic (exact) mass is 385 g/mol. The number of nitriles is 1. The zero-order chi connectivity index (χ0) is 19.7. The molecule has 0 fully saturated rings. The predicted molar refractivity (Wildman–Crippen MR) is 79.1 cm³/mol. The Morgan fingerprint density at radius 3 is 2.44 bits per heavy atom. The summed E-state index contributed by atoms with van der Waals surface area (Å²) in [5.74, 6) is -13.3. The molecule has 0 radical (unpaired) electrons. The number of hydrogen-bond acceptors (Lipinski definition) is 3. The van der Waals surface area contributed by atoms with Gasteiger partial charge in [-0.3, -0.25) is 0 Å². The lowest BCUT2D eigenvalue weighted by atomic mass is 9.99. The Hall–Kier alpha value is -2.73. The summed E-state index contributed by atoms with van der Waals surface area (Å²) >= 11 is 0. The molecular weight excluding hydrogens is 376 g/mol. The van der Waals surface area contributed by atoms with Crippen molar-refractivity contribution in [1.29, 1.82) is 5.26 Å². The van der Waals surface area contributed by atoms with Gasteiger partial charge in [-0.25, -0.2) is 8.78 Å². The number of nitrogens with zero attached hydrogens (tertiary/aromatic N) is 1. The van der Waals surface area contributed by atoms with Crippen LogP contribution >= 0.6 is 0 Å². The van der Waals surface area contributed by atoms with E-state index in [1.54, 1.807) is 6.07 Å². The highest BCUT2D eigenvalue weighted by Crippen LogP contribution is 2.66. The minimum atomic E-state index is -4.72. The van der Waals surface area contributed by atoms with Crippen molar-refractivity contribution >= 4 is 0 Å². The number of alkyl halides is 5. The third-order valence-electron chi connectivity index (χ3n) is 4.85. The Balaban J connectivity index is 1.87. The van der Waals surface area contributed by atoms with E-state index >= 15 is 0 Å². The molecule has 9 heteroatoms. The van der Waals surface area contributed by atoms with Gasteiger partial charge in [0.05, 0.1) is 17.6 Å². The van der Waals surface area contributed by atoms with Gasteiger partial charge in [-0.1, -0.05) is 0 Å². The van der Waals surface area contributed by atoms with Gasteiger partial charge in [-0.05, 0) is 29.8 Å². The third kappa shape index (κ3) is 2.19. The lowest BCUT2D eigenvalue weighted by molar-refractivity contribution is -0.224. The van der Waals surface area contributed by atoms with E-state index in [2.05, 4.69) is 0 Å². The quantitative estimate of drug-likeness (QED) is 0.763. The first-order valence-electron chi connectivity index (χ1n) is 7.73. The van der Waals surface area contributed by atoms with Gasteiger partial charge in [0.2, 0.25) is 0 Å². The summed E-state index contributed by atoms with van der Waals surface area (Å²) in [5.41, 5.74) is -2.40. The fourth-order valence-corrected chi connectivity index (χ4v) is 3.69. The van der Waals surface area contributed by atoms with E-state index in [1.807, 2.05) is 0 Å². The average molecular weight is 385 g/mol. The number of aliphatic hydroxyl groups excluding tert-OH is 1. The van der Waals surface area contributed by atoms with Crippen LogP contribution in [0.15, 0.2) is 30.3 Å². The smallest absolute Gasteiger partial charge is 0.336 e. The number of halogens is 6. The summed E-state index contributed by atoms with van der Waals surface area (Å²) in [7, 11) is 0. The van der Waals surface area contributed by atoms with E-state index in [1.165, 1.54) is 0 Å². The van der Waals surface area contributed by atoms with Crippen molar-refractivity contribution in [1.82, 2.24) is 0 Å². The second-order valence-electron chi connectivity index (χ2n) is 6.39. The molecule has 0 bridgehead atoms. The summed E-state index contributed by atoms with van der Waals surface area (Å²) < 4.78 is 89.5. The Labute approximate surface area is 148 Å². The molecule has 2 aliphatic rings. The highest BCUT2D eigenvalue weighted by molar-refractivity contribution is 5.60. The standard InChI is InChI=1S/C18H9F6NO2/c19-8-3-7(6-25)4-9(5-8)27-11-2-1-10-12-13(11)16(26)15(20)14(12)18(23,24)17(10,21)22/h1-5,14-16,26H. The number of hydrogen-bond donors (Lipinski definition) is 1. The third-order valence-corrected chi connectivity index (χ3v) is 4.85. The maximum absolute atomic E-state index is 14.3. The molecule has 0 aliphatic heterocycles. The van der Waals surface area contributed by atoms with E-state index in [0.717, 1.165) is 24.3 Å². The Bertz CT molecular complexity index is 1000. The molecule has 0 saturated carbocycles. The first kappa shape index (κ1) is 17.7. The minimum absolute atomic E-state index is 0.109. The van der Waals surface area contributed by atoms with Gasteiger partial charge in [0.15, 0.2) is 0 Å². The van der Waals surface area contributed by atoms with Gasteiger partial charge in [0.25, 0.3) is 0 Å². The largest absolute Gasteiger partial charge is 0.457 e. The number of ether oxygens (including phenoxy) is 1. The molecule has 2 aliphatic carbocycles. The van der Waals surface area contributed by atoms with Crippen molar-refractivity contribution in [2.45, 2.75) is 30.0 Å². The van der Waals surface area contributed by atoms with E-state index in [-0.39, 0.29) is 17.1 Å². The lowest BCUT2D eigenvalue weighted by Crippen LogP contribution is -2.40. The van der Waals surface area contributed by atoms with E-state index < -0.39 is 52.5 Å². The second kappa shape index (κ2) is 5.39. The molecule has 2 aromatic carbocycles. The van der Waals surface area contributed by atoms with Crippen molar-refractivity contribution in [2.24, 2.45) is 0 Å². The van der Waals surface area contributed by atoms with Crippen molar-refractivity contribution in [3.8, 4) is 17.6 Å². The van der Waals surface area contributed by atoms with Crippen LogP contribution in [0.4, 0.5) is 26.3 Å². The molecule has 3 nitrogen and oxygen atoms in total. The summed E-state index contributed by atoms with van der Waals surface area (Å²) in [6.07, 6.45) is -4.76. The fourth-order valence-electron chi connectivity index (χ4n) is 3.69. The van der Waals surface area contributed by atoms with Crippen LogP contribution in [0.2, 0.25) is 0 Å². The van der Waals surface area contributed by atoms with Gasteiger partial charge in [0.1, 0.15) is 29.6 Å². The van der Waals surface area contributed by atoms with Gasteiger partial charge in [0, 0.05) is 17.2 Å². The first-order valence-corrected chi connectivity index (χ1v) is 7.73. The summed E-state index contributed by atoms with van der Waals surface area (Å²) in [4.78, 5) is 0. The van der Waals surface area contributed by atoms with Crippen LogP contribution in [-0.4, -0.2) is 17.2 Å². The topological polar surface area (TPSA) is 53.2 Å². The normalized spacial score (nSPS) is 26.5. The Morgan fingerprint density at radius 2 is 1.78 bits per heavy atom. The molecule has 0 heterocycles. The first-order chi connectivity index (χ1) is 12.6. The van der Waals surface area contributed by atoms with Crippen molar-refractivity contribution in [3.63, 3.8) is 0 Å². The molecule has 0 amide bonds. The van der Waals surface area contributed by atoms with Crippen LogP contribution in [0.5, 0.6) is 11.5 Å². The summed E-state index contributed by atoms with van der Waals surface area (Å²) in [6, 6.07) is 6.16. The molecular formula is C18H9F6NO2. The highest BCUT2D eigenvalue weighted by atomic mass is 19.3. The van der Waals surface area contributed by atoms with E-state index in [0.29, 0.717) is 6.07 Å². The molecule has 140 valence electrons.